The van der Waals surface area contributed by atoms with Crippen LogP contribution >= 0.6 is 0 Å². The Morgan fingerprint density at radius 1 is 1.36 bits per heavy atom. The molecule has 0 aliphatic carbocycles. The van der Waals surface area contributed by atoms with Gasteiger partial charge < -0.3 is 10.6 Å². The molecule has 0 spiro atoms. The molecule has 0 radical (unpaired) electrons. The van der Waals surface area contributed by atoms with Gasteiger partial charge in [-0.2, -0.15) is 0 Å². The van der Waals surface area contributed by atoms with Crippen LogP contribution in [0, 0.1) is 11.3 Å². The first-order valence-electron chi connectivity index (χ1n) is 5.61. The molecule has 0 saturated heterocycles. The van der Waals surface area contributed by atoms with Crippen LogP contribution < -0.4 is 5.73 Å². The van der Waals surface area contributed by atoms with E-state index in [1.807, 2.05) is 0 Å². The predicted molar refractivity (Wildman–Crippen MR) is 62.7 cm³/mol. The van der Waals surface area contributed by atoms with Gasteiger partial charge in [-0.25, -0.2) is 0 Å². The highest BCUT2D eigenvalue weighted by Crippen LogP contribution is 2.02. The second kappa shape index (κ2) is 7.80. The molecular weight excluding hydrogens is 174 g/mol. The first kappa shape index (κ1) is 13.4. The number of unbranched alkanes of at least 4 members (excludes halogenated alkanes) is 1. The van der Waals surface area contributed by atoms with Crippen LogP contribution in [0.25, 0.3) is 0 Å². The fourth-order valence-corrected chi connectivity index (χ4v) is 1.47. The van der Waals surface area contributed by atoms with Crippen molar-refractivity contribution in [2.24, 2.45) is 11.7 Å². The molecule has 0 fully saturated rings. The van der Waals surface area contributed by atoms with Crippen molar-refractivity contribution in [1.82, 2.24) is 4.90 Å². The third kappa shape index (κ3) is 8.05. The Hall–Kier alpha value is -0.570. The Balaban J connectivity index is 3.77. The molecular formula is C11H25N3. The number of nitrogens with one attached hydrogen (secondary N) is 1. The Labute approximate surface area is 88.2 Å². The van der Waals surface area contributed by atoms with Crippen LogP contribution in [-0.4, -0.2) is 30.4 Å². The molecule has 0 aliphatic heterocycles. The molecule has 0 unspecified atom stereocenters. The average Bonchev–Trinajstić information content (AvgIpc) is 2.09. The second-order valence-corrected chi connectivity index (χ2v) is 4.32. The summed E-state index contributed by atoms with van der Waals surface area (Å²) < 4.78 is 0. The Kier molecular flexibility index (Phi) is 7.48. The minimum atomic E-state index is 0.301. The topological polar surface area (TPSA) is 53.1 Å². The van der Waals surface area contributed by atoms with E-state index in [1.54, 1.807) is 0 Å². The van der Waals surface area contributed by atoms with E-state index >= 15 is 0 Å². The number of hydrogen-bond donors (Lipinski definition) is 2. The average molecular weight is 199 g/mol. The molecule has 14 heavy (non-hydrogen) atoms. The van der Waals surface area contributed by atoms with Crippen molar-refractivity contribution in [2.75, 3.05) is 19.6 Å². The molecule has 0 aromatic rings. The molecule has 0 aromatic carbocycles. The SMILES string of the molecule is CCCCN(CCC(=N)N)CC(C)C. The monoisotopic (exact) mass is 199 g/mol. The lowest BCUT2D eigenvalue weighted by Gasteiger charge is -2.23. The number of amidine groups is 1. The minimum Gasteiger partial charge on any atom is -0.388 e. The molecule has 84 valence electrons. The van der Waals surface area contributed by atoms with Crippen molar-refractivity contribution in [3.8, 4) is 0 Å². The number of nitrogens with two attached hydrogens (primary N) is 1. The van der Waals surface area contributed by atoms with Crippen LogP contribution in [0.2, 0.25) is 0 Å². The Morgan fingerprint density at radius 3 is 2.43 bits per heavy atom. The highest BCUT2D eigenvalue weighted by atomic mass is 15.1. The summed E-state index contributed by atoms with van der Waals surface area (Å²) >= 11 is 0. The molecule has 3 heteroatoms. The van der Waals surface area contributed by atoms with Gasteiger partial charge in [0.1, 0.15) is 0 Å². The molecule has 0 rings (SSSR count). The van der Waals surface area contributed by atoms with E-state index < -0.39 is 0 Å². The summed E-state index contributed by atoms with van der Waals surface area (Å²) in [5.74, 6) is 0.995. The van der Waals surface area contributed by atoms with Gasteiger partial charge in [0.05, 0.1) is 5.84 Å². The standard InChI is InChI=1S/C11H25N3/c1-4-5-7-14(9-10(2)3)8-6-11(12)13/h10H,4-9H2,1-3H3,(H3,12,13). The van der Waals surface area contributed by atoms with Gasteiger partial charge in [-0.05, 0) is 18.9 Å². The molecule has 0 saturated carbocycles. The molecule has 0 bridgehead atoms. The predicted octanol–water partition coefficient (Wildman–Crippen LogP) is 2.07. The maximum absolute atomic E-state index is 7.20. The lowest BCUT2D eigenvalue weighted by molar-refractivity contribution is 0.247. The van der Waals surface area contributed by atoms with Gasteiger partial charge in [0.2, 0.25) is 0 Å². The first-order valence-corrected chi connectivity index (χ1v) is 5.61. The fraction of sp³-hybridized carbons (Fsp3) is 0.909. The lowest BCUT2D eigenvalue weighted by Crippen LogP contribution is -2.32. The van der Waals surface area contributed by atoms with Gasteiger partial charge in [-0.1, -0.05) is 27.2 Å². The molecule has 0 heterocycles. The van der Waals surface area contributed by atoms with Gasteiger partial charge >= 0.3 is 0 Å². The summed E-state index contributed by atoms with van der Waals surface area (Å²) in [6.45, 7) is 9.86. The van der Waals surface area contributed by atoms with Crippen LogP contribution in [0.3, 0.4) is 0 Å². The van der Waals surface area contributed by atoms with E-state index in [2.05, 4.69) is 25.7 Å². The second-order valence-electron chi connectivity index (χ2n) is 4.32. The van der Waals surface area contributed by atoms with Crippen LogP contribution in [-0.2, 0) is 0 Å². The van der Waals surface area contributed by atoms with E-state index in [0.717, 1.165) is 19.6 Å². The molecule has 0 atom stereocenters. The molecule has 0 amide bonds. The Bertz CT molecular complexity index is 155. The molecule has 0 aliphatic rings. The Morgan fingerprint density at radius 2 is 2.00 bits per heavy atom. The van der Waals surface area contributed by atoms with Gasteiger partial charge in [0.15, 0.2) is 0 Å². The van der Waals surface area contributed by atoms with E-state index in [0.29, 0.717) is 18.2 Å². The van der Waals surface area contributed by atoms with Crippen molar-refractivity contribution in [1.29, 1.82) is 5.41 Å². The zero-order valence-electron chi connectivity index (χ0n) is 9.84. The van der Waals surface area contributed by atoms with E-state index in [4.69, 9.17) is 11.1 Å². The minimum absolute atomic E-state index is 0.301. The summed E-state index contributed by atoms with van der Waals surface area (Å²) in [7, 11) is 0. The molecule has 3 N–H and O–H groups in total. The highest BCUT2D eigenvalue weighted by molar-refractivity contribution is 5.76. The summed E-state index contributed by atoms with van der Waals surface area (Å²) in [5, 5.41) is 7.20. The van der Waals surface area contributed by atoms with E-state index in [-0.39, 0.29) is 0 Å². The lowest BCUT2D eigenvalue weighted by atomic mass is 10.2. The van der Waals surface area contributed by atoms with Crippen LogP contribution in [0.5, 0.6) is 0 Å². The third-order valence-electron chi connectivity index (χ3n) is 2.15. The van der Waals surface area contributed by atoms with Crippen molar-refractivity contribution < 1.29 is 0 Å². The highest BCUT2D eigenvalue weighted by Gasteiger charge is 2.06. The van der Waals surface area contributed by atoms with Crippen molar-refractivity contribution in [2.45, 2.75) is 40.0 Å². The number of hydrogen-bond acceptors (Lipinski definition) is 2. The molecule has 0 aromatic heterocycles. The maximum atomic E-state index is 7.20. The van der Waals surface area contributed by atoms with Crippen LogP contribution in [0.4, 0.5) is 0 Å². The van der Waals surface area contributed by atoms with Crippen LogP contribution in [0.1, 0.15) is 40.0 Å². The van der Waals surface area contributed by atoms with Gasteiger partial charge in [0.25, 0.3) is 0 Å². The summed E-state index contributed by atoms with van der Waals surface area (Å²) in [4.78, 5) is 2.41. The van der Waals surface area contributed by atoms with Crippen molar-refractivity contribution >= 4 is 5.84 Å². The smallest absolute Gasteiger partial charge is 0.0918 e. The quantitative estimate of drug-likeness (QED) is 0.464. The van der Waals surface area contributed by atoms with Crippen LogP contribution in [0.15, 0.2) is 0 Å². The summed E-state index contributed by atoms with van der Waals surface area (Å²) in [6.07, 6.45) is 3.18. The normalized spacial score (nSPS) is 11.2. The van der Waals surface area contributed by atoms with Crippen molar-refractivity contribution in [3.63, 3.8) is 0 Å². The van der Waals surface area contributed by atoms with Gasteiger partial charge in [-0.15, -0.1) is 0 Å². The summed E-state index contributed by atoms with van der Waals surface area (Å²) in [5.41, 5.74) is 5.36. The van der Waals surface area contributed by atoms with Gasteiger partial charge in [0, 0.05) is 19.5 Å². The fourth-order valence-electron chi connectivity index (χ4n) is 1.47. The zero-order chi connectivity index (χ0) is 11.0. The van der Waals surface area contributed by atoms with Gasteiger partial charge in [-0.3, -0.25) is 5.41 Å². The summed E-state index contributed by atoms with van der Waals surface area (Å²) in [6, 6.07) is 0. The number of nitrogens with zero attached hydrogens (tertiary/aromatic N) is 1. The number of rotatable bonds is 8. The molecule has 3 nitrogen and oxygen atoms in total. The first-order chi connectivity index (χ1) is 6.56. The van der Waals surface area contributed by atoms with E-state index in [9.17, 15) is 0 Å². The largest absolute Gasteiger partial charge is 0.388 e. The zero-order valence-corrected chi connectivity index (χ0v) is 9.84. The third-order valence-corrected chi connectivity index (χ3v) is 2.15. The van der Waals surface area contributed by atoms with Crippen molar-refractivity contribution in [3.05, 3.63) is 0 Å². The van der Waals surface area contributed by atoms with E-state index in [1.165, 1.54) is 12.8 Å². The maximum Gasteiger partial charge on any atom is 0.0918 e.